The summed E-state index contributed by atoms with van der Waals surface area (Å²) in [6.45, 7) is 2.53. The highest BCUT2D eigenvalue weighted by Gasteiger charge is 2.28. The molecule has 0 saturated heterocycles. The summed E-state index contributed by atoms with van der Waals surface area (Å²) < 4.78 is 11.3. The van der Waals surface area contributed by atoms with Gasteiger partial charge >= 0.3 is 17.9 Å². The monoisotopic (exact) mass is 1860 g/mol. The average Bonchev–Trinajstić information content (AvgIpc) is 1.67. The average molecular weight is 1870 g/mol. The number of H-pyrrole nitrogens is 4. The topological polar surface area (TPSA) is 530 Å². The quantitative estimate of drug-likeness (QED) is 0.0297. The minimum Gasteiger partial charge on any atom is -0.476 e. The number of aryl methyl sites for hydroxylation is 1. The molecule has 0 radical (unpaired) electrons. The predicted molar refractivity (Wildman–Crippen MR) is 510 cm³/mol. The van der Waals surface area contributed by atoms with Crippen molar-refractivity contribution >= 4 is 149 Å². The van der Waals surface area contributed by atoms with Gasteiger partial charge in [0.25, 0.3) is 17.7 Å². The number of halogens is 4. The van der Waals surface area contributed by atoms with Crippen molar-refractivity contribution < 1.29 is 43.3 Å². The minimum atomic E-state index is -1.24. The Morgan fingerprint density at radius 2 is 0.694 bits per heavy atom. The lowest BCUT2D eigenvalue weighted by Crippen LogP contribution is -2.26. The molecule has 10 aromatic heterocycles. The zero-order valence-electron chi connectivity index (χ0n) is 70.7. The van der Waals surface area contributed by atoms with Crippen molar-refractivity contribution in [1.29, 1.82) is 0 Å². The number of hydrogen-bond donors (Lipinski definition) is 12. The number of nitrogens with zero attached hydrogens (tertiary/aromatic N) is 15. The Balaban J connectivity index is 0.000000131. The number of hydrogen-bond acceptors (Lipinski definition) is 26. The number of aromatic carboxylic acids is 1. The number of carbonyl (C=O) groups excluding carboxylic acids is 5. The first-order chi connectivity index (χ1) is 64.9. The Labute approximate surface area is 779 Å². The van der Waals surface area contributed by atoms with Crippen molar-refractivity contribution in [2.75, 3.05) is 36.7 Å². The fourth-order valence-electron chi connectivity index (χ4n) is 14.1. The molecule has 0 aliphatic carbocycles. The number of rotatable bonds is 21. The lowest BCUT2D eigenvalue weighted by atomic mass is 10.0. The third-order valence-electron chi connectivity index (χ3n) is 20.6. The van der Waals surface area contributed by atoms with Crippen LogP contribution >= 0.6 is 46.4 Å². The van der Waals surface area contributed by atoms with Crippen LogP contribution in [0.4, 0.5) is 23.3 Å². The molecule has 0 spiro atoms. The van der Waals surface area contributed by atoms with Gasteiger partial charge in [-0.15, -0.1) is 0 Å². The van der Waals surface area contributed by atoms with Gasteiger partial charge in [-0.05, 0) is 91.3 Å². The van der Waals surface area contributed by atoms with Gasteiger partial charge in [0.1, 0.15) is 0 Å². The Bertz CT molecular complexity index is 7660. The molecule has 0 bridgehead atoms. The second-order valence-electron chi connectivity index (χ2n) is 29.5. The van der Waals surface area contributed by atoms with E-state index in [-0.39, 0.29) is 72.3 Å². The minimum absolute atomic E-state index is 0.00312. The lowest BCUT2D eigenvalue weighted by molar-refractivity contribution is 0.0523. The van der Waals surface area contributed by atoms with E-state index in [4.69, 9.17) is 78.8 Å². The normalized spacial score (nSPS) is 10.9. The predicted octanol–water partition coefficient (Wildman–Crippen LogP) is 16.3. The number of carboxylic acid groups (broad SMARTS) is 1. The van der Waals surface area contributed by atoms with Crippen molar-refractivity contribution in [3.63, 3.8) is 0 Å². The van der Waals surface area contributed by atoms with Crippen LogP contribution in [0.2, 0.25) is 20.1 Å². The van der Waals surface area contributed by atoms with Crippen molar-refractivity contribution in [3.8, 4) is 90.1 Å². The number of amides is 3. The summed E-state index contributed by atoms with van der Waals surface area (Å²) in [7, 11) is 3.13. The van der Waals surface area contributed by atoms with Gasteiger partial charge in [-0.2, -0.15) is 25.5 Å². The van der Waals surface area contributed by atoms with E-state index in [1.807, 2.05) is 159 Å². The molecule has 0 atom stereocenters. The number of aromatic amines is 4. The fraction of sp³-hybridized carbons (Fsp3) is 0.0737. The summed E-state index contributed by atoms with van der Waals surface area (Å²) in [4.78, 5) is 115. The van der Waals surface area contributed by atoms with Gasteiger partial charge in [0.05, 0.1) is 162 Å². The van der Waals surface area contributed by atoms with Crippen molar-refractivity contribution in [2.45, 2.75) is 26.6 Å². The molecule has 19 aromatic rings. The highest BCUT2D eigenvalue weighted by molar-refractivity contribution is 6.37. The number of nitrogens with two attached hydrogens (primary N) is 4. The van der Waals surface area contributed by atoms with Crippen molar-refractivity contribution in [3.05, 3.63) is 320 Å². The number of nitrogens with one attached hydrogen (secondary N) is 7. The third-order valence-corrected chi connectivity index (χ3v) is 21.8. The first kappa shape index (κ1) is 90.1. The molecular formula is C95H74Cl4N26O9. The van der Waals surface area contributed by atoms with Gasteiger partial charge < -0.3 is 53.5 Å². The highest BCUT2D eigenvalue weighted by Crippen LogP contribution is 2.41. The number of fused-ring (bicyclic) bond motifs is 4. The molecular weight excluding hydrogens is 1790 g/mol. The molecule has 9 aromatic carbocycles. The van der Waals surface area contributed by atoms with Gasteiger partial charge in [-0.25, -0.2) is 54.3 Å². The number of methoxy groups -OCH3 is 1. The number of benzene rings is 9. The number of carbonyl (C=O) groups is 6. The van der Waals surface area contributed by atoms with Crippen LogP contribution in [-0.2, 0) is 36.2 Å². The third kappa shape index (κ3) is 20.1. The van der Waals surface area contributed by atoms with Gasteiger partial charge in [0.15, 0.2) is 46.0 Å². The van der Waals surface area contributed by atoms with E-state index in [9.17, 15) is 33.9 Å². The maximum atomic E-state index is 13.1. The molecule has 134 heavy (non-hydrogen) atoms. The second-order valence-corrected chi connectivity index (χ2v) is 31.2. The molecule has 0 aliphatic rings. The van der Waals surface area contributed by atoms with Gasteiger partial charge in [-0.1, -0.05) is 180 Å². The first-order valence-corrected chi connectivity index (χ1v) is 42.2. The van der Waals surface area contributed by atoms with Crippen LogP contribution in [0.1, 0.15) is 86.5 Å². The smallest absolute Gasteiger partial charge is 0.358 e. The number of nitrogen functional groups attached to an aromatic ring is 4. The summed E-state index contributed by atoms with van der Waals surface area (Å²) in [5.74, 6) is -3.73. The fourth-order valence-corrected chi connectivity index (χ4v) is 15.2. The van der Waals surface area contributed by atoms with Crippen LogP contribution in [0.3, 0.4) is 0 Å². The summed E-state index contributed by atoms with van der Waals surface area (Å²) in [6.07, 6.45) is 9.84. The van der Waals surface area contributed by atoms with E-state index in [1.165, 1.54) is 13.3 Å². The Hall–Kier alpha value is -17.3. The second kappa shape index (κ2) is 40.2. The van der Waals surface area contributed by atoms with Gasteiger partial charge in [0.2, 0.25) is 0 Å². The summed E-state index contributed by atoms with van der Waals surface area (Å²) in [5, 5.41) is 54.6. The van der Waals surface area contributed by atoms with Crippen LogP contribution in [0.25, 0.3) is 134 Å². The molecule has 0 saturated carbocycles. The molecule has 39 heteroatoms. The number of carboxylic acids is 1. The number of ether oxygens (including phenoxy) is 2. The zero-order chi connectivity index (χ0) is 93.8. The number of aromatic nitrogens is 19. The van der Waals surface area contributed by atoms with E-state index in [0.717, 1.165) is 60.6 Å². The van der Waals surface area contributed by atoms with E-state index < -0.39 is 35.6 Å². The summed E-state index contributed by atoms with van der Waals surface area (Å²) >= 11 is 25.8. The van der Waals surface area contributed by atoms with Crippen molar-refractivity contribution in [2.24, 2.45) is 7.05 Å². The highest BCUT2D eigenvalue weighted by atomic mass is 35.5. The molecule has 0 fully saturated rings. The Morgan fingerprint density at radius 3 is 1.01 bits per heavy atom. The lowest BCUT2D eigenvalue weighted by Gasteiger charge is -2.14. The van der Waals surface area contributed by atoms with Crippen LogP contribution in [-0.4, -0.2) is 150 Å². The molecule has 19 rings (SSSR count). The number of esters is 2. The van der Waals surface area contributed by atoms with Crippen LogP contribution < -0.4 is 38.9 Å². The van der Waals surface area contributed by atoms with Crippen LogP contribution in [0, 0.1) is 0 Å². The SMILES string of the molecule is CCOC(=O)c1ccc(CNC(=O)c2nc(-c3cc(Cl)c4[nH]ncc4c3)c(-c3ccccc3)nc2N)nc1.COC(=O)c1ccc(CNC(=O)c2nc(-c3cc(Cl)c4[nH]ncc4c3)c(-c3ccccc3)nc2N)cc1.Cn1ccc(CNC(=O)c2nc(-c3cc(Cl)c4[nH]ncc4c3)c(-c3ccccc3)nc2N)n1.Nc1nc(-c2ccccc2)c(-c2cc(Cl)c3[nH]ncc3c2)nc1C(=O)O. The van der Waals surface area contributed by atoms with Crippen molar-refractivity contribution in [1.82, 2.24) is 111 Å². The molecule has 35 nitrogen and oxygen atoms in total. The van der Waals surface area contributed by atoms with E-state index in [2.05, 4.69) is 107 Å². The molecule has 3 amide bonds. The van der Waals surface area contributed by atoms with Crippen LogP contribution in [0.15, 0.2) is 250 Å². The largest absolute Gasteiger partial charge is 0.476 e. The maximum Gasteiger partial charge on any atom is 0.358 e. The standard InChI is InChI=1S/C27H22ClN7O3.C27H21ClN6O3.C23H19ClN8O.C18H12ClN5O2/c1-2-38-27(37)16-8-9-19(30-12-16)14-31-26(36)24-25(29)34-22(15-6-4-3-5-7-15)23(33-24)17-10-18-13-32-35-21(18)20(28)11-17;1-37-27(36)17-9-7-15(8-10-17)13-30-26(35)24-25(29)33-22(16-5-3-2-4-6-16)23(32-24)18-11-19-14-31-34-21(19)20(28)12-18;1-32-8-7-16(31-32)12-26-23(33)21-22(25)29-19(13-5-3-2-4-6-13)20(28-21)14-9-15-11-27-30-18(15)17(24)10-14;19-12-7-10(6-11-8-21-24-13(11)12)15-14(9-4-2-1-3-5-9)23-17(20)16(22-15)18(25)26/h3-13H,2,14H2,1H3,(H2,29,34)(H,31,36)(H,32,35);2-12,14H,13H2,1H3,(H2,29,33)(H,30,35)(H,31,34);2-11H,12H2,1H3,(H2,25,29)(H,26,33)(H,27,30);1-8H,(H2,20,23)(H,21,24)(H,25,26). The van der Waals surface area contributed by atoms with E-state index >= 15 is 0 Å². The van der Waals surface area contributed by atoms with E-state index in [0.29, 0.717) is 121 Å². The van der Waals surface area contributed by atoms with Crippen LogP contribution in [0.5, 0.6) is 0 Å². The Kier molecular flexibility index (Phi) is 27.0. The van der Waals surface area contributed by atoms with Gasteiger partial charge in [0, 0.05) is 92.0 Å². The number of anilines is 4. The molecule has 0 aliphatic heterocycles. The van der Waals surface area contributed by atoms with Gasteiger partial charge in [-0.3, -0.25) is 44.4 Å². The first-order valence-electron chi connectivity index (χ1n) is 40.7. The zero-order valence-corrected chi connectivity index (χ0v) is 73.8. The number of pyridine rings is 1. The molecule has 10 heterocycles. The summed E-state index contributed by atoms with van der Waals surface area (Å²) in [6, 6.07) is 63.9. The molecule has 0 unspecified atom stereocenters. The Morgan fingerprint density at radius 1 is 0.373 bits per heavy atom. The molecule has 666 valence electrons. The molecule has 16 N–H and O–H groups in total. The summed E-state index contributed by atoms with van der Waals surface area (Å²) in [5.41, 5.74) is 39.3. The maximum absolute atomic E-state index is 13.1. The van der Waals surface area contributed by atoms with E-state index in [1.54, 1.807) is 103 Å².